The van der Waals surface area contributed by atoms with Crippen LogP contribution in [0.25, 0.3) is 0 Å². The van der Waals surface area contributed by atoms with Crippen LogP contribution in [0.1, 0.15) is 71.6 Å². The smallest absolute Gasteiger partial charge is 0.0558 e. The van der Waals surface area contributed by atoms with Gasteiger partial charge in [0.25, 0.3) is 0 Å². The van der Waals surface area contributed by atoms with Crippen LogP contribution in [-0.2, 0) is 0 Å². The fourth-order valence-electron chi connectivity index (χ4n) is 6.39. The molecule has 0 saturated heterocycles. The van der Waals surface area contributed by atoms with E-state index in [1.807, 2.05) is 0 Å². The molecule has 0 amide bonds. The Kier molecular flexibility index (Phi) is 4.95. The molecule has 4 bridgehead atoms. The van der Waals surface area contributed by atoms with E-state index in [9.17, 15) is 5.11 Å². The fraction of sp³-hybridized carbons (Fsp3) is 1.00. The van der Waals surface area contributed by atoms with E-state index in [4.69, 9.17) is 0 Å². The van der Waals surface area contributed by atoms with E-state index in [0.29, 0.717) is 18.1 Å². The topological polar surface area (TPSA) is 23.5 Å². The Hall–Kier alpha value is -0.0800. The average molecular weight is 293 g/mol. The van der Waals surface area contributed by atoms with Crippen LogP contribution in [0.4, 0.5) is 0 Å². The predicted octanol–water partition coefficient (Wildman–Crippen LogP) is 4.08. The van der Waals surface area contributed by atoms with Gasteiger partial charge >= 0.3 is 0 Å². The van der Waals surface area contributed by atoms with Crippen molar-refractivity contribution in [2.75, 3.05) is 19.7 Å². The molecule has 21 heavy (non-hydrogen) atoms. The second kappa shape index (κ2) is 6.58. The van der Waals surface area contributed by atoms with E-state index in [1.54, 1.807) is 19.3 Å². The van der Waals surface area contributed by atoms with E-state index in [-0.39, 0.29) is 0 Å². The zero-order valence-electron chi connectivity index (χ0n) is 14.2. The molecule has 0 radical (unpaired) electrons. The summed E-state index contributed by atoms with van der Waals surface area (Å²) >= 11 is 0. The summed E-state index contributed by atoms with van der Waals surface area (Å²) in [4.78, 5) is 2.58. The van der Waals surface area contributed by atoms with Crippen LogP contribution in [-0.4, -0.2) is 35.7 Å². The lowest BCUT2D eigenvalue weighted by atomic mass is 9.49. The summed E-state index contributed by atoms with van der Waals surface area (Å²) in [6.45, 7) is 7.00. The molecule has 4 rings (SSSR count). The first kappa shape index (κ1) is 15.8. The van der Waals surface area contributed by atoms with Gasteiger partial charge in [-0.25, -0.2) is 0 Å². The van der Waals surface area contributed by atoms with E-state index in [1.165, 1.54) is 45.1 Å². The molecule has 0 spiro atoms. The third-order valence-electron chi connectivity index (χ3n) is 6.94. The van der Waals surface area contributed by atoms with Gasteiger partial charge in [-0.15, -0.1) is 0 Å². The molecule has 122 valence electrons. The van der Waals surface area contributed by atoms with Crippen LogP contribution < -0.4 is 0 Å². The van der Waals surface area contributed by atoms with Crippen molar-refractivity contribution >= 4 is 0 Å². The molecule has 0 unspecified atom stereocenters. The highest BCUT2D eigenvalue weighted by atomic mass is 16.3. The molecule has 0 aromatic rings. The van der Waals surface area contributed by atoms with Gasteiger partial charge in [0.05, 0.1) is 6.61 Å². The van der Waals surface area contributed by atoms with Gasteiger partial charge < -0.3 is 5.11 Å². The van der Waals surface area contributed by atoms with Crippen molar-refractivity contribution in [2.24, 2.45) is 23.2 Å². The fourth-order valence-corrected chi connectivity index (χ4v) is 6.39. The minimum atomic E-state index is 0.317. The molecule has 4 fully saturated rings. The normalized spacial score (nSPS) is 37.9. The monoisotopic (exact) mass is 293 g/mol. The Morgan fingerprint density at radius 1 is 0.952 bits per heavy atom. The van der Waals surface area contributed by atoms with E-state index < -0.39 is 0 Å². The summed E-state index contributed by atoms with van der Waals surface area (Å²) in [6, 6.07) is 0.672. The second-order valence-electron chi connectivity index (χ2n) is 8.40. The van der Waals surface area contributed by atoms with Gasteiger partial charge in [0.1, 0.15) is 0 Å². The lowest BCUT2D eigenvalue weighted by Gasteiger charge is -2.57. The highest BCUT2D eigenvalue weighted by molar-refractivity contribution is 5.01. The van der Waals surface area contributed by atoms with Crippen molar-refractivity contribution in [3.8, 4) is 0 Å². The minimum absolute atomic E-state index is 0.317. The molecule has 0 aliphatic heterocycles. The highest BCUT2D eigenvalue weighted by Crippen LogP contribution is 2.61. The molecule has 2 nitrogen and oxygen atoms in total. The predicted molar refractivity (Wildman–Crippen MR) is 88.3 cm³/mol. The number of nitrogens with zero attached hydrogens (tertiary/aromatic N) is 1. The Morgan fingerprint density at radius 3 is 1.90 bits per heavy atom. The number of aliphatic hydroxyl groups is 1. The van der Waals surface area contributed by atoms with Gasteiger partial charge in [-0.1, -0.05) is 13.8 Å². The molecule has 0 heterocycles. The quantitative estimate of drug-likeness (QED) is 0.729. The zero-order valence-corrected chi connectivity index (χ0v) is 14.2. The van der Waals surface area contributed by atoms with E-state index in [0.717, 1.165) is 24.3 Å². The Labute approximate surface area is 131 Å². The molecular formula is C19H35NO. The van der Waals surface area contributed by atoms with Crippen molar-refractivity contribution in [1.29, 1.82) is 0 Å². The summed E-state index contributed by atoms with van der Waals surface area (Å²) in [5.41, 5.74) is 0.689. The minimum Gasteiger partial charge on any atom is -0.395 e. The Balaban J connectivity index is 1.60. The Bertz CT molecular complexity index is 301. The van der Waals surface area contributed by atoms with Crippen LogP contribution >= 0.6 is 0 Å². The summed E-state index contributed by atoms with van der Waals surface area (Å²) < 4.78 is 0. The van der Waals surface area contributed by atoms with Crippen molar-refractivity contribution < 1.29 is 5.11 Å². The lowest BCUT2D eigenvalue weighted by Crippen LogP contribution is -2.48. The molecule has 4 saturated carbocycles. The van der Waals surface area contributed by atoms with E-state index >= 15 is 0 Å². The third-order valence-corrected chi connectivity index (χ3v) is 6.94. The average Bonchev–Trinajstić information content (AvgIpc) is 2.44. The van der Waals surface area contributed by atoms with Gasteiger partial charge in [0.15, 0.2) is 0 Å². The molecular weight excluding hydrogens is 258 g/mol. The number of hydrogen-bond acceptors (Lipinski definition) is 2. The summed E-state index contributed by atoms with van der Waals surface area (Å²) in [7, 11) is 0. The van der Waals surface area contributed by atoms with E-state index in [2.05, 4.69) is 18.7 Å². The van der Waals surface area contributed by atoms with Crippen LogP contribution in [0.15, 0.2) is 0 Å². The third kappa shape index (κ3) is 3.32. The maximum Gasteiger partial charge on any atom is 0.0558 e. The molecule has 2 heteroatoms. The summed E-state index contributed by atoms with van der Waals surface area (Å²) in [5, 5.41) is 9.40. The molecule has 4 aliphatic rings. The Morgan fingerprint density at radius 2 is 1.48 bits per heavy atom. The van der Waals surface area contributed by atoms with Crippen molar-refractivity contribution in [3.05, 3.63) is 0 Å². The largest absolute Gasteiger partial charge is 0.395 e. The number of hydrogen-bond donors (Lipinski definition) is 1. The SMILES string of the molecule is CCC(CC)N(CCO)CCC12CC3CC(CC(C3)C1)C2. The molecule has 4 aliphatic carbocycles. The highest BCUT2D eigenvalue weighted by Gasteiger charge is 2.50. The van der Waals surface area contributed by atoms with Gasteiger partial charge in [-0.2, -0.15) is 0 Å². The lowest BCUT2D eigenvalue weighted by molar-refractivity contribution is -0.0630. The van der Waals surface area contributed by atoms with Crippen molar-refractivity contribution in [3.63, 3.8) is 0 Å². The van der Waals surface area contributed by atoms with Crippen LogP contribution in [0.2, 0.25) is 0 Å². The first-order chi connectivity index (χ1) is 10.2. The number of rotatable bonds is 8. The van der Waals surface area contributed by atoms with Crippen molar-refractivity contribution in [2.45, 2.75) is 77.7 Å². The van der Waals surface area contributed by atoms with Gasteiger partial charge in [0.2, 0.25) is 0 Å². The first-order valence-electron chi connectivity index (χ1n) is 9.53. The van der Waals surface area contributed by atoms with Crippen molar-refractivity contribution in [1.82, 2.24) is 4.90 Å². The first-order valence-corrected chi connectivity index (χ1v) is 9.53. The zero-order chi connectivity index (χ0) is 14.9. The van der Waals surface area contributed by atoms with Crippen LogP contribution in [0, 0.1) is 23.2 Å². The molecule has 0 aromatic carbocycles. The van der Waals surface area contributed by atoms with Gasteiger partial charge in [0, 0.05) is 12.6 Å². The maximum absolute atomic E-state index is 9.40. The van der Waals surface area contributed by atoms with Crippen LogP contribution in [0.5, 0.6) is 0 Å². The van der Waals surface area contributed by atoms with Gasteiger partial charge in [-0.3, -0.25) is 4.90 Å². The second-order valence-corrected chi connectivity index (χ2v) is 8.40. The maximum atomic E-state index is 9.40. The molecule has 0 aromatic heterocycles. The molecule has 0 atom stereocenters. The number of aliphatic hydroxyl groups excluding tert-OH is 1. The summed E-state index contributed by atoms with van der Waals surface area (Å²) in [6.07, 6.45) is 13.0. The van der Waals surface area contributed by atoms with Crippen LogP contribution in [0.3, 0.4) is 0 Å². The van der Waals surface area contributed by atoms with Gasteiger partial charge in [-0.05, 0) is 87.5 Å². The summed E-state index contributed by atoms with van der Waals surface area (Å²) in [5.74, 6) is 3.20. The standard InChI is InChI=1S/C19H35NO/c1-3-18(4-2)20(7-8-21)6-5-19-12-15-9-16(13-19)11-17(10-15)14-19/h15-18,21H,3-14H2,1-2H3. The molecule has 1 N–H and O–H groups in total.